The van der Waals surface area contributed by atoms with Crippen LogP contribution in [-0.4, -0.2) is 16.5 Å². The van der Waals surface area contributed by atoms with E-state index in [1.54, 1.807) is 7.11 Å². The number of hydrogen-bond acceptors (Lipinski definition) is 2. The number of imidazole rings is 1. The van der Waals surface area contributed by atoms with Crippen molar-refractivity contribution in [2.45, 2.75) is 32.1 Å². The number of aromatic nitrogens is 2. The predicted octanol–water partition coefficient (Wildman–Crippen LogP) is 2.61. The molecule has 2 heterocycles. The maximum absolute atomic E-state index is 5.35. The average molecular weight is 216 g/mol. The van der Waals surface area contributed by atoms with Gasteiger partial charge in [0.1, 0.15) is 0 Å². The Kier molecular flexibility index (Phi) is 2.31. The number of rotatable bonds is 1. The van der Waals surface area contributed by atoms with Gasteiger partial charge >= 0.3 is 0 Å². The molecule has 3 rings (SSSR count). The van der Waals surface area contributed by atoms with Gasteiger partial charge in [0.2, 0.25) is 0 Å². The van der Waals surface area contributed by atoms with Crippen molar-refractivity contribution in [2.24, 2.45) is 0 Å². The smallest absolute Gasteiger partial charge is 0.180 e. The minimum Gasteiger partial charge on any atom is -0.493 e. The highest BCUT2D eigenvalue weighted by atomic mass is 16.5. The maximum atomic E-state index is 5.35. The summed E-state index contributed by atoms with van der Waals surface area (Å²) in [6.07, 6.45) is 8.21. The SMILES string of the molecule is COc1cccn2c3c(nc12)CCCCC3. The first-order valence-electron chi connectivity index (χ1n) is 5.93. The number of hydrogen-bond donors (Lipinski definition) is 0. The third-order valence-electron chi connectivity index (χ3n) is 3.34. The van der Waals surface area contributed by atoms with Gasteiger partial charge in [0.05, 0.1) is 12.8 Å². The van der Waals surface area contributed by atoms with E-state index in [9.17, 15) is 0 Å². The summed E-state index contributed by atoms with van der Waals surface area (Å²) in [6, 6.07) is 4.00. The zero-order chi connectivity index (χ0) is 11.0. The van der Waals surface area contributed by atoms with Crippen LogP contribution in [0, 0.1) is 0 Å². The highest BCUT2D eigenvalue weighted by molar-refractivity contribution is 5.56. The van der Waals surface area contributed by atoms with Crippen LogP contribution in [0.15, 0.2) is 18.3 Å². The molecule has 0 aliphatic heterocycles. The minimum absolute atomic E-state index is 0.871. The molecule has 3 nitrogen and oxygen atoms in total. The van der Waals surface area contributed by atoms with Crippen LogP contribution < -0.4 is 4.74 Å². The van der Waals surface area contributed by atoms with E-state index in [4.69, 9.17) is 9.72 Å². The molecule has 0 saturated heterocycles. The van der Waals surface area contributed by atoms with E-state index in [0.717, 1.165) is 24.2 Å². The number of pyridine rings is 1. The molecule has 0 radical (unpaired) electrons. The Bertz CT molecular complexity index is 516. The number of methoxy groups -OCH3 is 1. The lowest BCUT2D eigenvalue weighted by atomic mass is 10.2. The number of fused-ring (bicyclic) bond motifs is 3. The van der Waals surface area contributed by atoms with Gasteiger partial charge in [0.15, 0.2) is 11.4 Å². The fourth-order valence-electron chi connectivity index (χ4n) is 2.52. The van der Waals surface area contributed by atoms with Crippen LogP contribution in [0.1, 0.15) is 30.7 Å². The average Bonchev–Trinajstić information content (AvgIpc) is 2.52. The quantitative estimate of drug-likeness (QED) is 0.685. The number of aryl methyl sites for hydroxylation is 2. The van der Waals surface area contributed by atoms with Crippen LogP contribution in [0.4, 0.5) is 0 Å². The second-order valence-corrected chi connectivity index (χ2v) is 4.34. The van der Waals surface area contributed by atoms with Crippen LogP contribution in [0.5, 0.6) is 5.75 Å². The van der Waals surface area contributed by atoms with E-state index < -0.39 is 0 Å². The minimum atomic E-state index is 0.871. The van der Waals surface area contributed by atoms with Crippen LogP contribution in [-0.2, 0) is 12.8 Å². The van der Waals surface area contributed by atoms with Crippen molar-refractivity contribution in [3.8, 4) is 5.75 Å². The van der Waals surface area contributed by atoms with E-state index in [-0.39, 0.29) is 0 Å². The lowest BCUT2D eigenvalue weighted by Gasteiger charge is -2.03. The van der Waals surface area contributed by atoms with Gasteiger partial charge in [-0.25, -0.2) is 4.98 Å². The standard InChI is InChI=1S/C13H16N2O/c1-16-12-8-5-9-15-11-7-4-2-3-6-10(11)14-13(12)15/h5,8-9H,2-4,6-7H2,1H3. The first-order chi connectivity index (χ1) is 7.90. The van der Waals surface area contributed by atoms with Crippen molar-refractivity contribution in [3.05, 3.63) is 29.7 Å². The van der Waals surface area contributed by atoms with E-state index in [1.165, 1.54) is 30.7 Å². The second-order valence-electron chi connectivity index (χ2n) is 4.34. The Morgan fingerprint density at radius 1 is 1.25 bits per heavy atom. The molecule has 0 aromatic carbocycles. The molecule has 1 aliphatic rings. The Morgan fingerprint density at radius 2 is 2.12 bits per heavy atom. The molecule has 0 amide bonds. The molecule has 16 heavy (non-hydrogen) atoms. The molecule has 84 valence electrons. The summed E-state index contributed by atoms with van der Waals surface area (Å²) in [7, 11) is 1.70. The van der Waals surface area contributed by atoms with E-state index in [0.29, 0.717) is 0 Å². The summed E-state index contributed by atoms with van der Waals surface area (Å²) in [5, 5.41) is 0. The predicted molar refractivity (Wildman–Crippen MR) is 63.0 cm³/mol. The summed E-state index contributed by atoms with van der Waals surface area (Å²) in [5.74, 6) is 0.871. The molecular formula is C13H16N2O. The van der Waals surface area contributed by atoms with Gasteiger partial charge in [-0.1, -0.05) is 6.42 Å². The monoisotopic (exact) mass is 216 g/mol. The Hall–Kier alpha value is -1.51. The van der Waals surface area contributed by atoms with Gasteiger partial charge in [-0.3, -0.25) is 0 Å². The largest absolute Gasteiger partial charge is 0.493 e. The summed E-state index contributed by atoms with van der Waals surface area (Å²) in [4.78, 5) is 4.72. The van der Waals surface area contributed by atoms with E-state index in [1.807, 2.05) is 12.1 Å². The molecule has 0 N–H and O–H groups in total. The molecule has 3 heteroatoms. The highest BCUT2D eigenvalue weighted by Crippen LogP contribution is 2.26. The number of ether oxygens (including phenoxy) is 1. The summed E-state index contributed by atoms with van der Waals surface area (Å²) >= 11 is 0. The van der Waals surface area contributed by atoms with Crippen molar-refractivity contribution in [1.29, 1.82) is 0 Å². The zero-order valence-corrected chi connectivity index (χ0v) is 9.57. The fourth-order valence-corrected chi connectivity index (χ4v) is 2.52. The van der Waals surface area contributed by atoms with Crippen LogP contribution in [0.2, 0.25) is 0 Å². The van der Waals surface area contributed by atoms with Crippen molar-refractivity contribution >= 4 is 5.65 Å². The third-order valence-corrected chi connectivity index (χ3v) is 3.34. The summed E-state index contributed by atoms with van der Waals surface area (Å²) in [6.45, 7) is 0. The van der Waals surface area contributed by atoms with Crippen molar-refractivity contribution < 1.29 is 4.74 Å². The molecule has 0 saturated carbocycles. The highest BCUT2D eigenvalue weighted by Gasteiger charge is 2.16. The van der Waals surface area contributed by atoms with Crippen LogP contribution in [0.25, 0.3) is 5.65 Å². The fraction of sp³-hybridized carbons (Fsp3) is 0.462. The lowest BCUT2D eigenvalue weighted by Crippen LogP contribution is -1.95. The van der Waals surface area contributed by atoms with E-state index in [2.05, 4.69) is 10.6 Å². The van der Waals surface area contributed by atoms with Crippen molar-refractivity contribution in [2.75, 3.05) is 7.11 Å². The molecule has 2 aromatic heterocycles. The molecule has 1 aliphatic carbocycles. The van der Waals surface area contributed by atoms with Crippen molar-refractivity contribution in [1.82, 2.24) is 9.38 Å². The van der Waals surface area contributed by atoms with Gasteiger partial charge in [-0.2, -0.15) is 0 Å². The zero-order valence-electron chi connectivity index (χ0n) is 9.57. The maximum Gasteiger partial charge on any atom is 0.180 e. The van der Waals surface area contributed by atoms with Gasteiger partial charge in [-0.05, 0) is 37.8 Å². The molecule has 0 bridgehead atoms. The molecule has 0 fully saturated rings. The second kappa shape index (κ2) is 3.81. The molecule has 0 unspecified atom stereocenters. The molecule has 0 atom stereocenters. The van der Waals surface area contributed by atoms with Gasteiger partial charge in [0.25, 0.3) is 0 Å². The Labute approximate surface area is 95.1 Å². The van der Waals surface area contributed by atoms with Gasteiger partial charge in [-0.15, -0.1) is 0 Å². The molecule has 0 spiro atoms. The van der Waals surface area contributed by atoms with Gasteiger partial charge < -0.3 is 9.14 Å². The molecule has 2 aromatic rings. The molecular weight excluding hydrogens is 200 g/mol. The topological polar surface area (TPSA) is 26.5 Å². The summed E-state index contributed by atoms with van der Waals surface area (Å²) < 4.78 is 7.55. The van der Waals surface area contributed by atoms with Crippen molar-refractivity contribution in [3.63, 3.8) is 0 Å². The Morgan fingerprint density at radius 3 is 3.00 bits per heavy atom. The third kappa shape index (κ3) is 1.39. The van der Waals surface area contributed by atoms with E-state index >= 15 is 0 Å². The van der Waals surface area contributed by atoms with Crippen LogP contribution in [0.3, 0.4) is 0 Å². The number of nitrogens with zero attached hydrogens (tertiary/aromatic N) is 2. The first kappa shape index (κ1) is 9.70. The lowest BCUT2D eigenvalue weighted by molar-refractivity contribution is 0.416. The normalized spacial score (nSPS) is 15.8. The summed E-state index contributed by atoms with van der Waals surface area (Å²) in [5.41, 5.74) is 3.62. The Balaban J connectivity index is 2.24. The first-order valence-corrected chi connectivity index (χ1v) is 5.93. The van der Waals surface area contributed by atoms with Crippen LogP contribution >= 0.6 is 0 Å². The van der Waals surface area contributed by atoms with Gasteiger partial charge in [0, 0.05) is 11.9 Å².